The Hall–Kier alpha value is -2.07. The lowest BCUT2D eigenvalue weighted by molar-refractivity contribution is -0.0549. The number of benzene rings is 1. The van der Waals surface area contributed by atoms with Gasteiger partial charge >= 0.3 is 27.3 Å². The zero-order valence-corrected chi connectivity index (χ0v) is 11.3. The molecule has 2 N–H and O–H groups in total. The minimum Gasteiger partial charge on any atom is -0.478 e. The maximum atomic E-state index is 13.2. The van der Waals surface area contributed by atoms with Crippen LogP contribution in [0.5, 0.6) is 0 Å². The van der Waals surface area contributed by atoms with E-state index in [2.05, 4.69) is 4.74 Å². The van der Waals surface area contributed by atoms with Gasteiger partial charge in [0.1, 0.15) is 0 Å². The molecule has 0 aliphatic carbocycles. The van der Waals surface area contributed by atoms with E-state index in [0.717, 1.165) is 24.3 Å². The van der Waals surface area contributed by atoms with Crippen LogP contribution in [-0.4, -0.2) is 41.4 Å². The Kier molecular flexibility index (Phi) is 4.64. The number of rotatable bonds is 5. The van der Waals surface area contributed by atoms with E-state index in [9.17, 15) is 26.8 Å². The van der Waals surface area contributed by atoms with E-state index in [1.54, 1.807) is 0 Å². The maximum absolute atomic E-state index is 13.2. The molecular weight excluding hydrogens is 314 g/mol. The summed E-state index contributed by atoms with van der Waals surface area (Å²) < 4.78 is 59.9. The number of carbonyl (C=O) groups is 2. The molecule has 21 heavy (non-hydrogen) atoms. The first-order valence-corrected chi connectivity index (χ1v) is 6.80. The monoisotopic (exact) mass is 324 g/mol. The third-order valence-corrected chi connectivity index (χ3v) is 3.49. The quantitative estimate of drug-likeness (QED) is 0.621. The summed E-state index contributed by atoms with van der Waals surface area (Å²) in [6, 6.07) is 4.13. The first-order valence-electron chi connectivity index (χ1n) is 5.36. The van der Waals surface area contributed by atoms with Crippen molar-refractivity contribution >= 4 is 22.1 Å². The molecule has 0 saturated heterocycles. The molecule has 1 rings (SSSR count). The van der Waals surface area contributed by atoms with Gasteiger partial charge in [0.05, 0.1) is 11.1 Å². The molecule has 0 radical (unpaired) electrons. The fourth-order valence-corrected chi connectivity index (χ4v) is 1.72. The third kappa shape index (κ3) is 3.73. The maximum Gasteiger partial charge on any atom is 0.405 e. The molecule has 10 heteroatoms. The molecule has 0 aliphatic rings. The second-order valence-electron chi connectivity index (χ2n) is 3.97. The van der Waals surface area contributed by atoms with Crippen LogP contribution in [0.4, 0.5) is 8.78 Å². The van der Waals surface area contributed by atoms with Crippen molar-refractivity contribution in [3.63, 3.8) is 0 Å². The zero-order valence-electron chi connectivity index (χ0n) is 10.5. The Morgan fingerprint density at radius 3 is 2.00 bits per heavy atom. The van der Waals surface area contributed by atoms with Gasteiger partial charge < -0.3 is 9.84 Å². The fraction of sp³-hybridized carbons (Fsp3) is 0.273. The Balaban J connectivity index is 2.89. The first kappa shape index (κ1) is 17.0. The summed E-state index contributed by atoms with van der Waals surface area (Å²) in [6.07, 6.45) is -2.43. The Bertz CT molecular complexity index is 652. The van der Waals surface area contributed by atoms with Crippen molar-refractivity contribution in [1.82, 2.24) is 0 Å². The summed E-state index contributed by atoms with van der Waals surface area (Å²) in [7, 11) is -5.74. The SMILES string of the molecule is CC(OC(=O)c1ccc(C(=O)O)cc1)C(F)(F)S(=O)(=O)O. The van der Waals surface area contributed by atoms with E-state index in [1.807, 2.05) is 0 Å². The number of ether oxygens (including phenoxy) is 1. The minimum absolute atomic E-state index is 0.136. The number of carboxylic acids is 1. The number of halogens is 2. The first-order chi connectivity index (χ1) is 9.46. The number of hydrogen-bond acceptors (Lipinski definition) is 5. The van der Waals surface area contributed by atoms with E-state index in [0.29, 0.717) is 6.92 Å². The summed E-state index contributed by atoms with van der Waals surface area (Å²) >= 11 is 0. The molecule has 116 valence electrons. The van der Waals surface area contributed by atoms with Crippen molar-refractivity contribution in [2.45, 2.75) is 18.3 Å². The highest BCUT2D eigenvalue weighted by Gasteiger charge is 2.52. The molecule has 7 nitrogen and oxygen atoms in total. The average molecular weight is 324 g/mol. The molecule has 0 saturated carbocycles. The van der Waals surface area contributed by atoms with Gasteiger partial charge in [0.15, 0.2) is 6.10 Å². The van der Waals surface area contributed by atoms with E-state index in [4.69, 9.17) is 9.66 Å². The number of aromatic carboxylic acids is 1. The molecule has 0 aliphatic heterocycles. The second kappa shape index (κ2) is 5.74. The predicted molar refractivity (Wildman–Crippen MR) is 64.8 cm³/mol. The summed E-state index contributed by atoms with van der Waals surface area (Å²) in [5.41, 5.74) is -0.388. The Labute approximate surface area is 117 Å². The van der Waals surface area contributed by atoms with Crippen molar-refractivity contribution in [3.05, 3.63) is 35.4 Å². The van der Waals surface area contributed by atoms with Crippen LogP contribution in [-0.2, 0) is 14.9 Å². The Morgan fingerprint density at radius 1 is 1.19 bits per heavy atom. The van der Waals surface area contributed by atoms with Gasteiger partial charge in [-0.1, -0.05) is 0 Å². The van der Waals surface area contributed by atoms with Gasteiger partial charge in [-0.25, -0.2) is 9.59 Å². The topological polar surface area (TPSA) is 118 Å². The smallest absolute Gasteiger partial charge is 0.405 e. The molecule has 1 aromatic carbocycles. The highest BCUT2D eigenvalue weighted by atomic mass is 32.2. The van der Waals surface area contributed by atoms with Gasteiger partial charge in [-0.15, -0.1) is 0 Å². The standard InChI is InChI=1S/C11H10F2O7S/c1-6(11(12,13)21(17,18)19)20-10(16)8-4-2-7(3-5-8)9(14)15/h2-6H,1H3,(H,14,15)(H,17,18,19). The highest BCUT2D eigenvalue weighted by Crippen LogP contribution is 2.27. The Morgan fingerprint density at radius 2 is 1.62 bits per heavy atom. The van der Waals surface area contributed by atoms with Crippen LogP contribution < -0.4 is 0 Å². The molecule has 0 fully saturated rings. The summed E-state index contributed by atoms with van der Waals surface area (Å²) in [5, 5.41) is 3.98. The average Bonchev–Trinajstić information content (AvgIpc) is 2.37. The number of carboxylic acid groups (broad SMARTS) is 1. The fourth-order valence-electron chi connectivity index (χ4n) is 1.26. The lowest BCUT2D eigenvalue weighted by atomic mass is 10.1. The number of carbonyl (C=O) groups excluding carboxylic acids is 1. The molecule has 1 atom stereocenters. The molecule has 0 amide bonds. The van der Waals surface area contributed by atoms with Gasteiger partial charge in [-0.3, -0.25) is 4.55 Å². The van der Waals surface area contributed by atoms with Gasteiger partial charge in [-0.2, -0.15) is 17.2 Å². The second-order valence-corrected chi connectivity index (χ2v) is 5.46. The predicted octanol–water partition coefficient (Wildman–Crippen LogP) is 1.41. The van der Waals surface area contributed by atoms with Crippen LogP contribution in [0.1, 0.15) is 27.6 Å². The van der Waals surface area contributed by atoms with Crippen LogP contribution in [0.15, 0.2) is 24.3 Å². The lowest BCUT2D eigenvalue weighted by Gasteiger charge is -2.20. The van der Waals surface area contributed by atoms with Gasteiger partial charge in [0, 0.05) is 0 Å². The summed E-state index contributed by atoms with van der Waals surface area (Å²) in [6.45, 7) is 0.595. The number of esters is 1. The molecule has 0 bridgehead atoms. The van der Waals surface area contributed by atoms with Crippen LogP contribution in [0.25, 0.3) is 0 Å². The van der Waals surface area contributed by atoms with Crippen LogP contribution >= 0.6 is 0 Å². The number of alkyl halides is 2. The van der Waals surface area contributed by atoms with Crippen LogP contribution in [0.3, 0.4) is 0 Å². The molecule has 0 aromatic heterocycles. The summed E-state index contributed by atoms with van der Waals surface area (Å²) in [5.74, 6) is -2.54. The largest absolute Gasteiger partial charge is 0.478 e. The van der Waals surface area contributed by atoms with Crippen molar-refractivity contribution in [1.29, 1.82) is 0 Å². The number of hydrogen-bond donors (Lipinski definition) is 2. The van der Waals surface area contributed by atoms with Crippen molar-refractivity contribution < 1.29 is 41.2 Å². The molecular formula is C11H10F2O7S. The van der Waals surface area contributed by atoms with Crippen LogP contribution in [0.2, 0.25) is 0 Å². The minimum atomic E-state index is -5.74. The normalized spacial score (nSPS) is 13.5. The molecule has 0 heterocycles. The van der Waals surface area contributed by atoms with Gasteiger partial charge in [0.2, 0.25) is 0 Å². The summed E-state index contributed by atoms with van der Waals surface area (Å²) in [4.78, 5) is 22.1. The molecule has 0 spiro atoms. The lowest BCUT2D eigenvalue weighted by Crippen LogP contribution is -2.42. The van der Waals surface area contributed by atoms with Crippen molar-refractivity contribution in [2.24, 2.45) is 0 Å². The van der Waals surface area contributed by atoms with Gasteiger partial charge in [-0.05, 0) is 31.2 Å². The third-order valence-electron chi connectivity index (χ3n) is 2.47. The van der Waals surface area contributed by atoms with Crippen molar-refractivity contribution in [3.8, 4) is 0 Å². The highest BCUT2D eigenvalue weighted by molar-refractivity contribution is 7.86. The van der Waals surface area contributed by atoms with Gasteiger partial charge in [0.25, 0.3) is 0 Å². The molecule has 1 aromatic rings. The van der Waals surface area contributed by atoms with E-state index >= 15 is 0 Å². The van der Waals surface area contributed by atoms with E-state index in [-0.39, 0.29) is 11.1 Å². The zero-order chi connectivity index (χ0) is 16.4. The molecule has 1 unspecified atom stereocenters. The van der Waals surface area contributed by atoms with Crippen LogP contribution in [0, 0.1) is 0 Å². The van der Waals surface area contributed by atoms with Crippen molar-refractivity contribution in [2.75, 3.05) is 0 Å². The van der Waals surface area contributed by atoms with E-state index < -0.39 is 33.4 Å². The van der Waals surface area contributed by atoms with E-state index in [1.165, 1.54) is 0 Å².